The van der Waals surface area contributed by atoms with Crippen LogP contribution in [-0.4, -0.2) is 23.9 Å². The lowest BCUT2D eigenvalue weighted by molar-refractivity contribution is 0.164. The van der Waals surface area contributed by atoms with Crippen molar-refractivity contribution in [3.8, 4) is 11.5 Å². The Bertz CT molecular complexity index is 344. The summed E-state index contributed by atoms with van der Waals surface area (Å²) >= 11 is 0. The molecule has 15 heavy (non-hydrogen) atoms. The molecular weight excluding hydrogens is 201 g/mol. The highest BCUT2D eigenvalue weighted by molar-refractivity contribution is 5.43. The average Bonchev–Trinajstić information content (AvgIpc) is 2.22. The summed E-state index contributed by atoms with van der Waals surface area (Å²) in [5, 5.41) is 18.7. The van der Waals surface area contributed by atoms with Crippen LogP contribution in [-0.2, 0) is 0 Å². The molecule has 0 fully saturated rings. The second-order valence-electron chi connectivity index (χ2n) is 3.11. The van der Waals surface area contributed by atoms with Crippen molar-refractivity contribution in [3.05, 3.63) is 23.5 Å². The fraction of sp³-hybridized carbons (Fsp3) is 0.400. The van der Waals surface area contributed by atoms with Crippen molar-refractivity contribution in [2.24, 2.45) is 5.73 Å². The molecule has 5 heteroatoms. The molecule has 0 aromatic heterocycles. The van der Waals surface area contributed by atoms with E-state index in [0.717, 1.165) is 0 Å². The van der Waals surface area contributed by atoms with Crippen molar-refractivity contribution in [2.75, 3.05) is 13.7 Å². The van der Waals surface area contributed by atoms with Crippen LogP contribution in [0.3, 0.4) is 0 Å². The summed E-state index contributed by atoms with van der Waals surface area (Å²) in [5.41, 5.74) is 5.57. The minimum Gasteiger partial charge on any atom is -0.505 e. The highest BCUT2D eigenvalue weighted by atomic mass is 19.1. The quantitative estimate of drug-likeness (QED) is 0.698. The van der Waals surface area contributed by atoms with Crippen LogP contribution < -0.4 is 10.5 Å². The standard InChI is InChI=1S/C10H14FNO3/c1-15-10-6(7(13)4-5-12)2-3-8(14)9(10)11/h2-3,7,13-14H,4-5,12H2,1H3. The lowest BCUT2D eigenvalue weighted by Crippen LogP contribution is -2.08. The van der Waals surface area contributed by atoms with E-state index in [1.165, 1.54) is 19.2 Å². The number of aliphatic hydroxyl groups is 1. The van der Waals surface area contributed by atoms with Gasteiger partial charge in [0.25, 0.3) is 0 Å². The van der Waals surface area contributed by atoms with Crippen molar-refractivity contribution >= 4 is 0 Å². The first-order valence-corrected chi connectivity index (χ1v) is 4.55. The van der Waals surface area contributed by atoms with Gasteiger partial charge in [-0.1, -0.05) is 0 Å². The molecule has 1 unspecified atom stereocenters. The van der Waals surface area contributed by atoms with Gasteiger partial charge in [-0.25, -0.2) is 0 Å². The fourth-order valence-corrected chi connectivity index (χ4v) is 1.34. The van der Waals surface area contributed by atoms with Crippen LogP contribution >= 0.6 is 0 Å². The molecular formula is C10H14FNO3. The highest BCUT2D eigenvalue weighted by Crippen LogP contribution is 2.34. The van der Waals surface area contributed by atoms with Crippen molar-refractivity contribution in [1.29, 1.82) is 0 Å². The molecule has 0 amide bonds. The molecule has 0 radical (unpaired) electrons. The van der Waals surface area contributed by atoms with Crippen LogP contribution in [0.5, 0.6) is 11.5 Å². The third-order valence-corrected chi connectivity index (χ3v) is 2.11. The van der Waals surface area contributed by atoms with Gasteiger partial charge in [0.05, 0.1) is 13.2 Å². The SMILES string of the molecule is COc1c(C(O)CCN)ccc(O)c1F. The van der Waals surface area contributed by atoms with Crippen molar-refractivity contribution in [1.82, 2.24) is 0 Å². The lowest BCUT2D eigenvalue weighted by atomic mass is 10.0. The number of rotatable bonds is 4. The Morgan fingerprint density at radius 3 is 2.73 bits per heavy atom. The Kier molecular flexibility index (Phi) is 3.88. The number of methoxy groups -OCH3 is 1. The number of phenols is 1. The zero-order chi connectivity index (χ0) is 11.4. The number of benzene rings is 1. The molecule has 0 aliphatic heterocycles. The van der Waals surface area contributed by atoms with E-state index in [9.17, 15) is 9.50 Å². The normalized spacial score (nSPS) is 12.5. The number of phenolic OH excluding ortho intramolecular Hbond substituents is 1. The van der Waals surface area contributed by atoms with Gasteiger partial charge in [0.15, 0.2) is 11.5 Å². The number of aromatic hydroxyl groups is 1. The Balaban J connectivity index is 3.12. The maximum absolute atomic E-state index is 13.3. The highest BCUT2D eigenvalue weighted by Gasteiger charge is 2.18. The number of ether oxygens (including phenoxy) is 1. The molecule has 0 aliphatic rings. The molecule has 1 rings (SSSR count). The summed E-state index contributed by atoms with van der Waals surface area (Å²) in [6.07, 6.45) is -0.583. The Morgan fingerprint density at radius 2 is 2.20 bits per heavy atom. The summed E-state index contributed by atoms with van der Waals surface area (Å²) in [6.45, 7) is 0.285. The van der Waals surface area contributed by atoms with E-state index in [-0.39, 0.29) is 12.3 Å². The molecule has 84 valence electrons. The first-order chi connectivity index (χ1) is 7.11. The molecule has 1 atom stereocenters. The Morgan fingerprint density at radius 1 is 1.53 bits per heavy atom. The summed E-state index contributed by atoms with van der Waals surface area (Å²) in [5.74, 6) is -1.52. The minimum atomic E-state index is -0.889. The second-order valence-corrected chi connectivity index (χ2v) is 3.11. The van der Waals surface area contributed by atoms with Gasteiger partial charge in [0.2, 0.25) is 5.82 Å². The maximum atomic E-state index is 13.3. The molecule has 0 heterocycles. The third kappa shape index (κ3) is 2.37. The number of hydrogen-bond donors (Lipinski definition) is 3. The largest absolute Gasteiger partial charge is 0.505 e. The minimum absolute atomic E-state index is 0.143. The fourth-order valence-electron chi connectivity index (χ4n) is 1.34. The van der Waals surface area contributed by atoms with Gasteiger partial charge in [-0.2, -0.15) is 4.39 Å². The van der Waals surface area contributed by atoms with E-state index in [1.807, 2.05) is 0 Å². The predicted molar refractivity (Wildman–Crippen MR) is 53.2 cm³/mol. The predicted octanol–water partition coefficient (Wildman–Crippen LogP) is 0.922. The monoisotopic (exact) mass is 215 g/mol. The van der Waals surface area contributed by atoms with E-state index >= 15 is 0 Å². The van der Waals surface area contributed by atoms with E-state index in [1.54, 1.807) is 0 Å². The van der Waals surface area contributed by atoms with Gasteiger partial charge in [-0.05, 0) is 25.1 Å². The third-order valence-electron chi connectivity index (χ3n) is 2.11. The van der Waals surface area contributed by atoms with Crippen LogP contribution in [0.2, 0.25) is 0 Å². The van der Waals surface area contributed by atoms with Gasteiger partial charge >= 0.3 is 0 Å². The van der Waals surface area contributed by atoms with Crippen molar-refractivity contribution in [3.63, 3.8) is 0 Å². The lowest BCUT2D eigenvalue weighted by Gasteiger charge is -2.14. The Labute approximate surface area is 87.1 Å². The topological polar surface area (TPSA) is 75.7 Å². The number of hydrogen-bond acceptors (Lipinski definition) is 4. The van der Waals surface area contributed by atoms with Crippen molar-refractivity contribution < 1.29 is 19.3 Å². The molecule has 4 nitrogen and oxygen atoms in total. The molecule has 4 N–H and O–H groups in total. The molecule has 0 saturated heterocycles. The molecule has 1 aromatic rings. The number of aliphatic hydroxyl groups excluding tert-OH is 1. The first kappa shape index (κ1) is 11.7. The molecule has 0 bridgehead atoms. The van der Waals surface area contributed by atoms with Gasteiger partial charge in [-0.3, -0.25) is 0 Å². The summed E-state index contributed by atoms with van der Waals surface area (Å²) < 4.78 is 18.1. The van der Waals surface area contributed by atoms with Gasteiger partial charge < -0.3 is 20.7 Å². The van der Waals surface area contributed by atoms with Gasteiger partial charge in [-0.15, -0.1) is 0 Å². The number of nitrogens with two attached hydrogens (primary N) is 1. The van der Waals surface area contributed by atoms with E-state index < -0.39 is 17.7 Å². The van der Waals surface area contributed by atoms with Gasteiger partial charge in [0, 0.05) is 5.56 Å². The van der Waals surface area contributed by atoms with Gasteiger partial charge in [0.1, 0.15) is 0 Å². The zero-order valence-electron chi connectivity index (χ0n) is 8.40. The van der Waals surface area contributed by atoms with Crippen LogP contribution in [0, 0.1) is 5.82 Å². The van der Waals surface area contributed by atoms with E-state index in [0.29, 0.717) is 12.0 Å². The number of halogens is 1. The summed E-state index contributed by atoms with van der Waals surface area (Å²) in [6, 6.07) is 2.59. The molecule has 0 spiro atoms. The van der Waals surface area contributed by atoms with E-state index in [2.05, 4.69) is 0 Å². The zero-order valence-corrected chi connectivity index (χ0v) is 8.40. The average molecular weight is 215 g/mol. The first-order valence-electron chi connectivity index (χ1n) is 4.55. The van der Waals surface area contributed by atoms with Crippen LogP contribution in [0.25, 0.3) is 0 Å². The molecule has 1 aromatic carbocycles. The molecule has 0 aliphatic carbocycles. The second kappa shape index (κ2) is 4.95. The van der Waals surface area contributed by atoms with Crippen LogP contribution in [0.15, 0.2) is 12.1 Å². The van der Waals surface area contributed by atoms with Crippen molar-refractivity contribution in [2.45, 2.75) is 12.5 Å². The van der Waals surface area contributed by atoms with E-state index in [4.69, 9.17) is 15.6 Å². The molecule has 0 saturated carbocycles. The Hall–Kier alpha value is -1.33. The van der Waals surface area contributed by atoms with Crippen LogP contribution in [0.1, 0.15) is 18.1 Å². The smallest absolute Gasteiger partial charge is 0.206 e. The summed E-state index contributed by atoms with van der Waals surface area (Å²) in [4.78, 5) is 0. The van der Waals surface area contributed by atoms with Crippen LogP contribution in [0.4, 0.5) is 4.39 Å². The summed E-state index contributed by atoms with van der Waals surface area (Å²) in [7, 11) is 1.27. The maximum Gasteiger partial charge on any atom is 0.206 e.